The summed E-state index contributed by atoms with van der Waals surface area (Å²) in [6.45, 7) is 5.51. The van der Waals surface area contributed by atoms with Crippen LogP contribution in [0.5, 0.6) is 0 Å². The van der Waals surface area contributed by atoms with Gasteiger partial charge in [-0.1, -0.05) is 26.0 Å². The van der Waals surface area contributed by atoms with Gasteiger partial charge in [-0.3, -0.25) is 9.59 Å². The number of carbonyl (C=O) groups is 2. The molecule has 1 amide bonds. The van der Waals surface area contributed by atoms with Crippen molar-refractivity contribution in [1.82, 2.24) is 5.32 Å². The fraction of sp³-hybridized carbons (Fsp3) is 0.467. The van der Waals surface area contributed by atoms with Gasteiger partial charge in [0.1, 0.15) is 11.1 Å². The average Bonchev–Trinajstić information content (AvgIpc) is 2.39. The minimum atomic E-state index is -0.914. The second kappa shape index (κ2) is 8.02. The smallest absolute Gasteiger partial charge is 0.316 e. The summed E-state index contributed by atoms with van der Waals surface area (Å²) in [5.41, 5.74) is 1.23. The van der Waals surface area contributed by atoms with Gasteiger partial charge in [0.15, 0.2) is 0 Å². The van der Waals surface area contributed by atoms with Crippen LogP contribution >= 0.6 is 11.8 Å². The van der Waals surface area contributed by atoms with Crippen molar-refractivity contribution < 1.29 is 19.1 Å². The third-order valence-corrected chi connectivity index (χ3v) is 4.50. The Morgan fingerprint density at radius 1 is 1.38 bits per heavy atom. The van der Waals surface area contributed by atoms with E-state index < -0.39 is 11.2 Å². The van der Waals surface area contributed by atoms with E-state index in [1.54, 1.807) is 32.9 Å². The largest absolute Gasteiger partial charge is 0.480 e. The van der Waals surface area contributed by atoms with Gasteiger partial charge in [0.25, 0.3) is 0 Å². The third kappa shape index (κ3) is 5.75. The van der Waals surface area contributed by atoms with Gasteiger partial charge in [-0.2, -0.15) is 0 Å². The van der Waals surface area contributed by atoms with Gasteiger partial charge < -0.3 is 10.4 Å². The zero-order chi connectivity index (χ0) is 16.0. The van der Waals surface area contributed by atoms with Crippen LogP contribution in [0.3, 0.4) is 0 Å². The van der Waals surface area contributed by atoms with Crippen molar-refractivity contribution in [3.63, 3.8) is 0 Å². The number of halogens is 1. The van der Waals surface area contributed by atoms with E-state index in [2.05, 4.69) is 5.32 Å². The van der Waals surface area contributed by atoms with Crippen LogP contribution < -0.4 is 5.32 Å². The maximum atomic E-state index is 13.4. The molecule has 1 unspecified atom stereocenters. The van der Waals surface area contributed by atoms with E-state index in [-0.39, 0.29) is 29.9 Å². The van der Waals surface area contributed by atoms with Crippen LogP contribution in [0.1, 0.15) is 25.0 Å². The number of amides is 1. The van der Waals surface area contributed by atoms with Crippen molar-refractivity contribution in [1.29, 1.82) is 0 Å². The first kappa shape index (κ1) is 17.5. The fourth-order valence-electron chi connectivity index (χ4n) is 1.71. The Hall–Kier alpha value is -1.56. The number of rotatable bonds is 7. The molecule has 2 N–H and O–H groups in total. The Balaban J connectivity index is 2.43. The fourth-order valence-corrected chi connectivity index (χ4v) is 2.67. The van der Waals surface area contributed by atoms with Crippen LogP contribution in [-0.4, -0.2) is 28.0 Å². The molecule has 1 atom stereocenters. The molecule has 0 fully saturated rings. The maximum Gasteiger partial charge on any atom is 0.316 e. The number of carboxylic acid groups (broad SMARTS) is 1. The van der Waals surface area contributed by atoms with Gasteiger partial charge >= 0.3 is 5.97 Å². The number of carboxylic acids is 1. The SMILES string of the molecule is Cc1ccc(CNC(=O)CSC(C(=O)O)C(C)C)cc1F. The van der Waals surface area contributed by atoms with Gasteiger partial charge in [-0.15, -0.1) is 11.8 Å². The van der Waals surface area contributed by atoms with Gasteiger partial charge in [0, 0.05) is 6.54 Å². The highest BCUT2D eigenvalue weighted by Gasteiger charge is 2.22. The molecule has 0 spiro atoms. The number of benzene rings is 1. The summed E-state index contributed by atoms with van der Waals surface area (Å²) in [4.78, 5) is 22.7. The highest BCUT2D eigenvalue weighted by Crippen LogP contribution is 2.19. The molecule has 0 saturated carbocycles. The minimum Gasteiger partial charge on any atom is -0.480 e. The topological polar surface area (TPSA) is 66.4 Å². The lowest BCUT2D eigenvalue weighted by molar-refractivity contribution is -0.137. The van der Waals surface area contributed by atoms with E-state index in [4.69, 9.17) is 5.11 Å². The van der Waals surface area contributed by atoms with E-state index in [9.17, 15) is 14.0 Å². The van der Waals surface area contributed by atoms with Crippen LogP contribution in [0.25, 0.3) is 0 Å². The van der Waals surface area contributed by atoms with Crippen molar-refractivity contribution in [2.75, 3.05) is 5.75 Å². The molecule has 0 aliphatic carbocycles. The lowest BCUT2D eigenvalue weighted by atomic mass is 10.1. The molecule has 0 aliphatic rings. The minimum absolute atomic E-state index is 0.0495. The number of hydrogen-bond donors (Lipinski definition) is 2. The average molecular weight is 313 g/mol. The molecule has 116 valence electrons. The number of aryl methyl sites for hydroxylation is 1. The van der Waals surface area contributed by atoms with Crippen LogP contribution in [0, 0.1) is 18.7 Å². The zero-order valence-corrected chi connectivity index (χ0v) is 13.2. The van der Waals surface area contributed by atoms with Crippen LogP contribution in [0.15, 0.2) is 18.2 Å². The van der Waals surface area contributed by atoms with E-state index in [1.807, 2.05) is 0 Å². The number of thioether (sulfide) groups is 1. The highest BCUT2D eigenvalue weighted by atomic mass is 32.2. The van der Waals surface area contributed by atoms with E-state index in [1.165, 1.54) is 6.07 Å². The predicted molar refractivity (Wildman–Crippen MR) is 81.7 cm³/mol. The second-order valence-electron chi connectivity index (χ2n) is 5.17. The maximum absolute atomic E-state index is 13.4. The lowest BCUT2D eigenvalue weighted by Crippen LogP contribution is -2.29. The molecule has 6 heteroatoms. The monoisotopic (exact) mass is 313 g/mol. The van der Waals surface area contributed by atoms with Crippen molar-refractivity contribution in [2.45, 2.75) is 32.6 Å². The first-order chi connectivity index (χ1) is 9.81. The molecule has 0 aliphatic heterocycles. The molecule has 0 aromatic heterocycles. The Bertz CT molecular complexity index is 520. The molecule has 1 aromatic carbocycles. The van der Waals surface area contributed by atoms with Crippen molar-refractivity contribution in [2.24, 2.45) is 5.92 Å². The molecule has 0 heterocycles. The highest BCUT2D eigenvalue weighted by molar-refractivity contribution is 8.01. The third-order valence-electron chi connectivity index (χ3n) is 2.97. The number of aliphatic carboxylic acids is 1. The van der Waals surface area contributed by atoms with Crippen LogP contribution in [0.4, 0.5) is 4.39 Å². The number of hydrogen-bond acceptors (Lipinski definition) is 3. The lowest BCUT2D eigenvalue weighted by Gasteiger charge is -2.15. The van der Waals surface area contributed by atoms with Crippen molar-refractivity contribution in [3.8, 4) is 0 Å². The summed E-state index contributed by atoms with van der Waals surface area (Å²) in [6.07, 6.45) is 0. The number of carbonyl (C=O) groups excluding carboxylic acids is 1. The molecule has 21 heavy (non-hydrogen) atoms. The summed E-state index contributed by atoms with van der Waals surface area (Å²) >= 11 is 1.10. The number of nitrogens with one attached hydrogen (secondary N) is 1. The normalized spacial score (nSPS) is 12.2. The van der Waals surface area contributed by atoms with Crippen LogP contribution in [-0.2, 0) is 16.1 Å². The second-order valence-corrected chi connectivity index (χ2v) is 6.30. The Kier molecular flexibility index (Phi) is 6.68. The quantitative estimate of drug-likeness (QED) is 0.812. The molecule has 0 bridgehead atoms. The van der Waals surface area contributed by atoms with Gasteiger partial charge in [-0.05, 0) is 30.0 Å². The molecule has 1 aromatic rings. The Labute approximate surface area is 128 Å². The molecule has 4 nitrogen and oxygen atoms in total. The summed E-state index contributed by atoms with van der Waals surface area (Å²) in [5.74, 6) is -1.45. The molecular weight excluding hydrogens is 293 g/mol. The van der Waals surface area contributed by atoms with Crippen molar-refractivity contribution >= 4 is 23.6 Å². The summed E-state index contributed by atoms with van der Waals surface area (Å²) < 4.78 is 13.4. The molecule has 1 rings (SSSR count). The van der Waals surface area contributed by atoms with Gasteiger partial charge in [-0.25, -0.2) is 4.39 Å². The van der Waals surface area contributed by atoms with Gasteiger partial charge in [0.2, 0.25) is 5.91 Å². The predicted octanol–water partition coefficient (Wildman–Crippen LogP) is 2.59. The molecular formula is C15H20FNO3S. The van der Waals surface area contributed by atoms with Gasteiger partial charge in [0.05, 0.1) is 5.75 Å². The van der Waals surface area contributed by atoms with Crippen molar-refractivity contribution in [3.05, 3.63) is 35.1 Å². The standard InChI is InChI=1S/C15H20FNO3S/c1-9(2)14(15(19)20)21-8-13(18)17-7-11-5-4-10(3)12(16)6-11/h4-6,9,14H,7-8H2,1-3H3,(H,17,18)(H,19,20). The Morgan fingerprint density at radius 3 is 2.57 bits per heavy atom. The van der Waals surface area contributed by atoms with Crippen LogP contribution in [0.2, 0.25) is 0 Å². The first-order valence-electron chi connectivity index (χ1n) is 6.67. The van der Waals surface area contributed by atoms with E-state index in [0.29, 0.717) is 11.1 Å². The summed E-state index contributed by atoms with van der Waals surface area (Å²) in [5, 5.41) is 11.1. The summed E-state index contributed by atoms with van der Waals surface area (Å²) in [7, 11) is 0. The zero-order valence-electron chi connectivity index (χ0n) is 12.4. The van der Waals surface area contributed by atoms with E-state index >= 15 is 0 Å². The summed E-state index contributed by atoms with van der Waals surface area (Å²) in [6, 6.07) is 4.79. The van der Waals surface area contributed by atoms with E-state index in [0.717, 1.165) is 11.8 Å². The molecule has 0 radical (unpaired) electrons. The molecule has 0 saturated heterocycles. The Morgan fingerprint density at radius 2 is 2.05 bits per heavy atom. The first-order valence-corrected chi connectivity index (χ1v) is 7.72.